The lowest BCUT2D eigenvalue weighted by Gasteiger charge is -2.27. The van der Waals surface area contributed by atoms with Gasteiger partial charge in [0.1, 0.15) is 0 Å². The van der Waals surface area contributed by atoms with E-state index >= 15 is 0 Å². The van der Waals surface area contributed by atoms with Crippen LogP contribution in [0.2, 0.25) is 0 Å². The van der Waals surface area contributed by atoms with Crippen LogP contribution in [-0.2, 0) is 0 Å². The molecule has 2 N–H and O–H groups in total. The zero-order chi connectivity index (χ0) is 10.4. The van der Waals surface area contributed by atoms with Crippen LogP contribution >= 0.6 is 0 Å². The summed E-state index contributed by atoms with van der Waals surface area (Å²) < 4.78 is 0. The summed E-state index contributed by atoms with van der Waals surface area (Å²) in [6.45, 7) is 5.71. The summed E-state index contributed by atoms with van der Waals surface area (Å²) in [5.41, 5.74) is 0. The van der Waals surface area contributed by atoms with Crippen LogP contribution in [0.15, 0.2) is 0 Å². The molecule has 4 heteroatoms. The van der Waals surface area contributed by atoms with Crippen molar-refractivity contribution in [2.75, 3.05) is 33.2 Å². The van der Waals surface area contributed by atoms with Gasteiger partial charge in [-0.3, -0.25) is 0 Å². The van der Waals surface area contributed by atoms with Crippen LogP contribution in [0, 0.1) is 5.92 Å². The van der Waals surface area contributed by atoms with Crippen molar-refractivity contribution in [1.82, 2.24) is 15.5 Å². The van der Waals surface area contributed by atoms with Crippen molar-refractivity contribution in [3.8, 4) is 0 Å². The Morgan fingerprint density at radius 1 is 1.50 bits per heavy atom. The van der Waals surface area contributed by atoms with Gasteiger partial charge in [-0.25, -0.2) is 4.79 Å². The summed E-state index contributed by atoms with van der Waals surface area (Å²) in [4.78, 5) is 13.2. The largest absolute Gasteiger partial charge is 0.338 e. The van der Waals surface area contributed by atoms with Gasteiger partial charge in [0.15, 0.2) is 0 Å². The third kappa shape index (κ3) is 3.54. The fourth-order valence-electron chi connectivity index (χ4n) is 1.82. The van der Waals surface area contributed by atoms with Gasteiger partial charge in [-0.2, -0.15) is 0 Å². The second-order valence-corrected chi connectivity index (χ2v) is 3.91. The topological polar surface area (TPSA) is 44.4 Å². The van der Waals surface area contributed by atoms with Gasteiger partial charge in [0.25, 0.3) is 0 Å². The Labute approximate surface area is 86.0 Å². The van der Waals surface area contributed by atoms with Crippen LogP contribution in [0.4, 0.5) is 4.79 Å². The Bertz CT molecular complexity index is 178. The van der Waals surface area contributed by atoms with Gasteiger partial charge in [0.05, 0.1) is 0 Å². The first-order chi connectivity index (χ1) is 6.74. The minimum absolute atomic E-state index is 0.0473. The molecule has 0 aromatic rings. The summed E-state index contributed by atoms with van der Waals surface area (Å²) in [7, 11) is 1.87. The number of carbonyl (C=O) groups excluding carboxylic acids is 1. The molecule has 1 saturated heterocycles. The van der Waals surface area contributed by atoms with Crippen LogP contribution in [0.3, 0.4) is 0 Å². The summed E-state index contributed by atoms with van der Waals surface area (Å²) in [5, 5.41) is 6.13. The molecule has 4 nitrogen and oxygen atoms in total. The number of hydrogen-bond acceptors (Lipinski definition) is 2. The Morgan fingerprint density at radius 3 is 2.71 bits per heavy atom. The van der Waals surface area contributed by atoms with Crippen molar-refractivity contribution in [3.05, 3.63) is 0 Å². The highest BCUT2D eigenvalue weighted by Crippen LogP contribution is 2.12. The molecule has 1 aliphatic rings. The number of urea groups is 1. The summed E-state index contributed by atoms with van der Waals surface area (Å²) >= 11 is 0. The van der Waals surface area contributed by atoms with Crippen molar-refractivity contribution < 1.29 is 4.79 Å². The van der Waals surface area contributed by atoms with E-state index in [1.807, 2.05) is 14.0 Å². The van der Waals surface area contributed by atoms with E-state index < -0.39 is 0 Å². The Hall–Kier alpha value is -0.770. The minimum Gasteiger partial charge on any atom is -0.338 e. The Morgan fingerprint density at radius 2 is 2.14 bits per heavy atom. The highest BCUT2D eigenvalue weighted by atomic mass is 16.2. The highest BCUT2D eigenvalue weighted by Gasteiger charge is 2.17. The van der Waals surface area contributed by atoms with Gasteiger partial charge >= 0.3 is 6.03 Å². The predicted molar refractivity (Wildman–Crippen MR) is 57.3 cm³/mol. The number of piperidine rings is 1. The average molecular weight is 199 g/mol. The maximum atomic E-state index is 11.4. The van der Waals surface area contributed by atoms with Gasteiger partial charge in [-0.1, -0.05) is 0 Å². The molecule has 0 aromatic carbocycles. The minimum atomic E-state index is 0.0473. The van der Waals surface area contributed by atoms with E-state index in [9.17, 15) is 4.79 Å². The lowest BCUT2D eigenvalue weighted by atomic mass is 9.98. The second kappa shape index (κ2) is 5.86. The van der Waals surface area contributed by atoms with E-state index in [2.05, 4.69) is 10.6 Å². The molecule has 2 amide bonds. The van der Waals surface area contributed by atoms with Crippen molar-refractivity contribution in [2.24, 2.45) is 5.92 Å². The van der Waals surface area contributed by atoms with Crippen LogP contribution in [-0.4, -0.2) is 44.2 Å². The summed E-state index contributed by atoms with van der Waals surface area (Å²) in [5.74, 6) is 0.670. The van der Waals surface area contributed by atoms with Crippen LogP contribution in [0.25, 0.3) is 0 Å². The molecular weight excluding hydrogens is 178 g/mol. The first-order valence-electron chi connectivity index (χ1n) is 5.43. The fraction of sp³-hybridized carbons (Fsp3) is 0.900. The third-order valence-corrected chi connectivity index (χ3v) is 2.67. The van der Waals surface area contributed by atoms with Gasteiger partial charge < -0.3 is 15.5 Å². The fourth-order valence-corrected chi connectivity index (χ4v) is 1.82. The van der Waals surface area contributed by atoms with E-state index in [4.69, 9.17) is 0 Å². The number of nitrogens with zero attached hydrogens (tertiary/aromatic N) is 1. The number of carbonyl (C=O) groups is 1. The Balaban J connectivity index is 2.24. The molecule has 0 aliphatic carbocycles. The van der Waals surface area contributed by atoms with E-state index in [0.717, 1.165) is 19.6 Å². The number of nitrogens with one attached hydrogen (secondary N) is 2. The molecule has 0 aromatic heterocycles. The number of hydrogen-bond donors (Lipinski definition) is 2. The van der Waals surface area contributed by atoms with Crippen molar-refractivity contribution in [2.45, 2.75) is 19.8 Å². The van der Waals surface area contributed by atoms with Crippen molar-refractivity contribution in [3.63, 3.8) is 0 Å². The quantitative estimate of drug-likeness (QED) is 0.701. The predicted octanol–water partition coefficient (Wildman–Crippen LogP) is 0.647. The van der Waals surface area contributed by atoms with Gasteiger partial charge in [0.2, 0.25) is 0 Å². The molecule has 82 valence electrons. The van der Waals surface area contributed by atoms with Gasteiger partial charge in [-0.15, -0.1) is 0 Å². The summed E-state index contributed by atoms with van der Waals surface area (Å²) in [6.07, 6.45) is 2.37. The Kier molecular flexibility index (Phi) is 4.73. The maximum absolute atomic E-state index is 11.4. The summed E-state index contributed by atoms with van der Waals surface area (Å²) in [6, 6.07) is 0.0473. The van der Waals surface area contributed by atoms with E-state index in [1.165, 1.54) is 12.8 Å². The molecule has 0 unspecified atom stereocenters. The molecule has 1 aliphatic heterocycles. The highest BCUT2D eigenvalue weighted by molar-refractivity contribution is 5.73. The van der Waals surface area contributed by atoms with E-state index in [1.54, 1.807) is 4.90 Å². The zero-order valence-corrected chi connectivity index (χ0v) is 9.18. The lowest BCUT2D eigenvalue weighted by Crippen LogP contribution is -2.42. The molecule has 1 heterocycles. The van der Waals surface area contributed by atoms with E-state index in [-0.39, 0.29) is 6.03 Å². The monoisotopic (exact) mass is 199 g/mol. The van der Waals surface area contributed by atoms with Crippen molar-refractivity contribution in [1.29, 1.82) is 0 Å². The molecule has 1 rings (SSSR count). The smallest absolute Gasteiger partial charge is 0.317 e. The first-order valence-corrected chi connectivity index (χ1v) is 5.43. The van der Waals surface area contributed by atoms with Gasteiger partial charge in [0, 0.05) is 20.1 Å². The van der Waals surface area contributed by atoms with Crippen LogP contribution in [0.1, 0.15) is 19.8 Å². The molecule has 0 radical (unpaired) electrons. The lowest BCUT2D eigenvalue weighted by molar-refractivity contribution is 0.194. The first kappa shape index (κ1) is 11.3. The molecule has 14 heavy (non-hydrogen) atoms. The third-order valence-electron chi connectivity index (χ3n) is 2.67. The SMILES string of the molecule is CCNC(=O)N(C)CC1CCNCC1. The molecule has 0 spiro atoms. The van der Waals surface area contributed by atoms with Crippen molar-refractivity contribution >= 4 is 6.03 Å². The van der Waals surface area contributed by atoms with Gasteiger partial charge in [-0.05, 0) is 38.8 Å². The van der Waals surface area contributed by atoms with E-state index in [0.29, 0.717) is 12.5 Å². The van der Waals surface area contributed by atoms with Crippen LogP contribution < -0.4 is 10.6 Å². The average Bonchev–Trinajstić information content (AvgIpc) is 2.19. The van der Waals surface area contributed by atoms with Crippen LogP contribution in [0.5, 0.6) is 0 Å². The molecular formula is C10H21N3O. The molecule has 1 fully saturated rings. The standard InChI is InChI=1S/C10H21N3O/c1-3-12-10(14)13(2)8-9-4-6-11-7-5-9/h9,11H,3-8H2,1-2H3,(H,12,14). The second-order valence-electron chi connectivity index (χ2n) is 3.91. The maximum Gasteiger partial charge on any atom is 0.317 e. The number of amides is 2. The molecule has 0 saturated carbocycles. The zero-order valence-electron chi connectivity index (χ0n) is 9.18. The number of rotatable bonds is 3. The molecule has 0 atom stereocenters. The normalized spacial score (nSPS) is 17.9. The molecule has 0 bridgehead atoms.